The van der Waals surface area contributed by atoms with Gasteiger partial charge in [0.05, 0.1) is 18.4 Å². The molecule has 3 rings (SSSR count). The molecule has 2 aliphatic rings. The number of rotatable bonds is 3. The molecular weight excluding hydrogens is 354 g/mol. The van der Waals surface area contributed by atoms with Gasteiger partial charge in [-0.1, -0.05) is 0 Å². The summed E-state index contributed by atoms with van der Waals surface area (Å²) in [7, 11) is 1.35. The number of ketones is 2. The number of methoxy groups -OCH3 is 1. The number of ether oxygens (including phenoxy) is 3. The van der Waals surface area contributed by atoms with Crippen LogP contribution in [0.15, 0.2) is 11.3 Å². The number of Topliss-reactive ketones (excluding diaryl/α,β-unsaturated/α-hetero) is 2. The lowest BCUT2D eigenvalue weighted by Crippen LogP contribution is -2.36. The minimum atomic E-state index is -0.891. The number of allylic oxidation sites excluding steroid dienone is 2. The third-order valence-electron chi connectivity index (χ3n) is 4.95. The van der Waals surface area contributed by atoms with E-state index in [2.05, 4.69) is 0 Å². The number of nitrogens with zero attached hydrogens (tertiary/aromatic N) is 1. The van der Waals surface area contributed by atoms with Crippen LogP contribution in [0.2, 0.25) is 0 Å². The molecular formula is C19H21NO7. The van der Waals surface area contributed by atoms with Gasteiger partial charge in [-0.25, -0.2) is 0 Å². The smallest absolute Gasteiger partial charge is 0.303 e. The zero-order valence-electron chi connectivity index (χ0n) is 15.9. The van der Waals surface area contributed by atoms with Crippen LogP contribution in [0.25, 0.3) is 0 Å². The van der Waals surface area contributed by atoms with Crippen LogP contribution in [0.3, 0.4) is 0 Å². The van der Waals surface area contributed by atoms with Crippen LogP contribution in [-0.2, 0) is 30.3 Å². The average molecular weight is 375 g/mol. The van der Waals surface area contributed by atoms with Gasteiger partial charge in [0.1, 0.15) is 11.8 Å². The second-order valence-electron chi connectivity index (χ2n) is 6.67. The van der Waals surface area contributed by atoms with Crippen molar-refractivity contribution in [1.82, 2.24) is 4.57 Å². The molecule has 1 aliphatic carbocycles. The van der Waals surface area contributed by atoms with Crippen molar-refractivity contribution in [3.05, 3.63) is 33.8 Å². The van der Waals surface area contributed by atoms with E-state index in [0.29, 0.717) is 24.2 Å². The first-order valence-corrected chi connectivity index (χ1v) is 8.60. The zero-order chi connectivity index (χ0) is 20.0. The normalized spacial score (nSPS) is 21.5. The Bertz CT molecular complexity index is 906. The molecule has 2 atom stereocenters. The van der Waals surface area contributed by atoms with Gasteiger partial charge in [-0.05, 0) is 19.4 Å². The zero-order valence-corrected chi connectivity index (χ0v) is 15.9. The van der Waals surface area contributed by atoms with E-state index in [0.717, 1.165) is 0 Å². The van der Waals surface area contributed by atoms with Crippen molar-refractivity contribution in [3.63, 3.8) is 0 Å². The Morgan fingerprint density at radius 1 is 1.04 bits per heavy atom. The summed E-state index contributed by atoms with van der Waals surface area (Å²) in [6.07, 6.45) is -1.22. The number of carbonyl (C=O) groups excluding carboxylic acids is 4. The van der Waals surface area contributed by atoms with Crippen LogP contribution < -0.4 is 0 Å². The molecule has 8 heteroatoms. The minimum absolute atomic E-state index is 0.0131. The third-order valence-corrected chi connectivity index (χ3v) is 4.95. The Labute approximate surface area is 156 Å². The molecule has 0 saturated carbocycles. The first-order chi connectivity index (χ1) is 12.7. The van der Waals surface area contributed by atoms with Crippen LogP contribution in [0.5, 0.6) is 0 Å². The molecule has 0 saturated heterocycles. The summed E-state index contributed by atoms with van der Waals surface area (Å²) in [6, 6.07) is 0. The fraction of sp³-hybridized carbons (Fsp3) is 0.474. The molecule has 0 spiro atoms. The molecule has 144 valence electrons. The van der Waals surface area contributed by atoms with Gasteiger partial charge in [0, 0.05) is 32.4 Å². The van der Waals surface area contributed by atoms with E-state index in [4.69, 9.17) is 14.2 Å². The largest absolute Gasteiger partial charge is 0.492 e. The highest BCUT2D eigenvalue weighted by Crippen LogP contribution is 2.41. The van der Waals surface area contributed by atoms with Crippen LogP contribution in [-0.4, -0.2) is 41.3 Å². The number of carbonyl (C=O) groups is 4. The lowest BCUT2D eigenvalue weighted by Gasteiger charge is -2.33. The van der Waals surface area contributed by atoms with Crippen molar-refractivity contribution in [2.75, 3.05) is 7.11 Å². The Balaban J connectivity index is 2.20. The van der Waals surface area contributed by atoms with Gasteiger partial charge in [-0.2, -0.15) is 0 Å². The van der Waals surface area contributed by atoms with Crippen molar-refractivity contribution < 1.29 is 33.4 Å². The third kappa shape index (κ3) is 2.85. The van der Waals surface area contributed by atoms with Crippen molar-refractivity contribution in [2.24, 2.45) is 0 Å². The lowest BCUT2D eigenvalue weighted by atomic mass is 9.91. The molecule has 0 bridgehead atoms. The van der Waals surface area contributed by atoms with Crippen LogP contribution in [0.4, 0.5) is 0 Å². The molecule has 1 aromatic heterocycles. The maximum absolute atomic E-state index is 12.9. The summed E-state index contributed by atoms with van der Waals surface area (Å²) in [5.41, 5.74) is 1.77. The van der Waals surface area contributed by atoms with Crippen LogP contribution in [0, 0.1) is 6.92 Å². The topological polar surface area (TPSA) is 101 Å². The SMILES string of the molecule is COC1=C(C)C(=O)c2c(c(C)c3n2CC[C@H](OC(C)=O)[C@@H]3OC(C)=O)C1=O. The molecule has 0 N–H and O–H groups in total. The highest BCUT2D eigenvalue weighted by atomic mass is 16.6. The fourth-order valence-corrected chi connectivity index (χ4v) is 3.92. The second kappa shape index (κ2) is 6.68. The van der Waals surface area contributed by atoms with Gasteiger partial charge < -0.3 is 18.8 Å². The lowest BCUT2D eigenvalue weighted by molar-refractivity contribution is -0.169. The Morgan fingerprint density at radius 2 is 1.67 bits per heavy atom. The van der Waals surface area contributed by atoms with E-state index in [9.17, 15) is 19.2 Å². The second-order valence-corrected chi connectivity index (χ2v) is 6.67. The van der Waals surface area contributed by atoms with Crippen molar-refractivity contribution in [2.45, 2.75) is 52.9 Å². The molecule has 8 nitrogen and oxygen atoms in total. The summed E-state index contributed by atoms with van der Waals surface area (Å²) < 4.78 is 17.6. The van der Waals surface area contributed by atoms with Crippen molar-refractivity contribution >= 4 is 23.5 Å². The van der Waals surface area contributed by atoms with Crippen molar-refractivity contribution in [1.29, 1.82) is 0 Å². The number of hydrogen-bond acceptors (Lipinski definition) is 7. The molecule has 1 aromatic rings. The summed E-state index contributed by atoms with van der Waals surface area (Å²) >= 11 is 0. The average Bonchev–Trinajstić information content (AvgIpc) is 2.88. The molecule has 0 unspecified atom stereocenters. The van der Waals surface area contributed by atoms with Gasteiger partial charge in [-0.3, -0.25) is 19.2 Å². The monoisotopic (exact) mass is 375 g/mol. The van der Waals surface area contributed by atoms with Gasteiger partial charge >= 0.3 is 11.9 Å². The summed E-state index contributed by atoms with van der Waals surface area (Å²) in [5.74, 6) is -1.71. The highest BCUT2D eigenvalue weighted by molar-refractivity contribution is 6.26. The molecule has 27 heavy (non-hydrogen) atoms. The van der Waals surface area contributed by atoms with E-state index in [1.54, 1.807) is 18.4 Å². The van der Waals surface area contributed by atoms with Crippen LogP contribution in [0.1, 0.15) is 65.4 Å². The highest BCUT2D eigenvalue weighted by Gasteiger charge is 2.44. The Morgan fingerprint density at radius 3 is 2.22 bits per heavy atom. The fourth-order valence-electron chi connectivity index (χ4n) is 3.92. The van der Waals surface area contributed by atoms with E-state index in [-0.39, 0.29) is 34.2 Å². The van der Waals surface area contributed by atoms with Crippen molar-refractivity contribution in [3.8, 4) is 0 Å². The number of hydrogen-bond donors (Lipinski definition) is 0. The van der Waals surface area contributed by atoms with Gasteiger partial charge in [0.2, 0.25) is 11.6 Å². The minimum Gasteiger partial charge on any atom is -0.492 e. The number of esters is 2. The predicted octanol–water partition coefficient (Wildman–Crippen LogP) is 2.04. The molecule has 0 amide bonds. The molecule has 0 aromatic carbocycles. The summed E-state index contributed by atoms with van der Waals surface area (Å²) in [6.45, 7) is 6.13. The van der Waals surface area contributed by atoms with E-state index >= 15 is 0 Å². The van der Waals surface area contributed by atoms with Gasteiger partial charge in [-0.15, -0.1) is 0 Å². The maximum atomic E-state index is 12.9. The molecule has 0 fully saturated rings. The first kappa shape index (κ1) is 18.9. The first-order valence-electron chi connectivity index (χ1n) is 8.60. The molecule has 2 heterocycles. The standard InChI is InChI=1S/C19H21NO7/c1-8-13-15(16(23)9(2)18(25-5)17(13)24)20-7-6-12(26-10(3)21)19(14(8)20)27-11(4)22/h12,19H,6-7H2,1-5H3/t12-,19-/m0/s1. The summed E-state index contributed by atoms with van der Waals surface area (Å²) in [4.78, 5) is 48.9. The quantitative estimate of drug-likeness (QED) is 0.745. The summed E-state index contributed by atoms with van der Waals surface area (Å²) in [5, 5.41) is 0. The van der Waals surface area contributed by atoms with Gasteiger partial charge in [0.15, 0.2) is 11.9 Å². The number of aromatic nitrogens is 1. The molecule has 0 radical (unpaired) electrons. The Hall–Kier alpha value is -2.90. The maximum Gasteiger partial charge on any atom is 0.303 e. The van der Waals surface area contributed by atoms with E-state index < -0.39 is 24.1 Å². The molecule has 1 aliphatic heterocycles. The number of fused-ring (bicyclic) bond motifs is 3. The van der Waals surface area contributed by atoms with Gasteiger partial charge in [0.25, 0.3) is 0 Å². The van der Waals surface area contributed by atoms with Crippen LogP contribution >= 0.6 is 0 Å². The predicted molar refractivity (Wildman–Crippen MR) is 92.2 cm³/mol. The van der Waals surface area contributed by atoms with E-state index in [1.165, 1.54) is 21.0 Å². The Kier molecular flexibility index (Phi) is 4.67. The van der Waals surface area contributed by atoms with E-state index in [1.807, 2.05) is 0 Å².